The Morgan fingerprint density at radius 3 is 2.52 bits per heavy atom. The van der Waals surface area contributed by atoms with E-state index in [1.165, 1.54) is 19.2 Å². The molecule has 0 bridgehead atoms. The zero-order valence-electron chi connectivity index (χ0n) is 10.8. The number of ether oxygens (including phenoxy) is 2. The van der Waals surface area contributed by atoms with E-state index in [4.69, 9.17) is 10.5 Å². The average molecular weight is 358 g/mol. The average Bonchev–Trinajstić information content (AvgIpc) is 2.43. The van der Waals surface area contributed by atoms with Crippen LogP contribution in [0.5, 0.6) is 11.5 Å². The second kappa shape index (κ2) is 6.09. The largest absolute Gasteiger partial charge is 0.465 e. The van der Waals surface area contributed by atoms with E-state index < -0.39 is 17.6 Å². The molecule has 21 heavy (non-hydrogen) atoms. The van der Waals surface area contributed by atoms with Crippen molar-refractivity contribution in [1.29, 1.82) is 0 Å². The molecule has 0 amide bonds. The number of esters is 1. The maximum absolute atomic E-state index is 13.6. The summed E-state index contributed by atoms with van der Waals surface area (Å²) in [4.78, 5) is 11.6. The van der Waals surface area contributed by atoms with Crippen LogP contribution in [-0.2, 0) is 4.74 Å². The fourth-order valence-electron chi connectivity index (χ4n) is 1.61. The summed E-state index contributed by atoms with van der Waals surface area (Å²) in [6.45, 7) is 0. The third kappa shape index (κ3) is 3.30. The van der Waals surface area contributed by atoms with Gasteiger partial charge < -0.3 is 15.2 Å². The molecule has 2 rings (SSSR count). The topological polar surface area (TPSA) is 61.5 Å². The zero-order valence-corrected chi connectivity index (χ0v) is 12.4. The Labute approximate surface area is 127 Å². The molecule has 2 aromatic rings. The quantitative estimate of drug-likeness (QED) is 0.668. The van der Waals surface area contributed by atoms with Gasteiger partial charge in [-0.15, -0.1) is 0 Å². The van der Waals surface area contributed by atoms with Crippen molar-refractivity contribution < 1.29 is 23.0 Å². The summed E-state index contributed by atoms with van der Waals surface area (Å²) in [7, 11) is 1.21. The maximum atomic E-state index is 13.6. The molecule has 0 radical (unpaired) electrons. The van der Waals surface area contributed by atoms with Gasteiger partial charge in [-0.05, 0) is 40.2 Å². The van der Waals surface area contributed by atoms with E-state index in [1.54, 1.807) is 0 Å². The van der Waals surface area contributed by atoms with Crippen molar-refractivity contribution >= 4 is 27.6 Å². The highest BCUT2D eigenvalue weighted by atomic mass is 79.9. The Morgan fingerprint density at radius 1 is 1.19 bits per heavy atom. The van der Waals surface area contributed by atoms with Crippen LogP contribution in [0.4, 0.5) is 14.5 Å². The van der Waals surface area contributed by atoms with E-state index in [-0.39, 0.29) is 22.7 Å². The summed E-state index contributed by atoms with van der Waals surface area (Å²) in [5, 5.41) is 0. The molecule has 2 N–H and O–H groups in total. The van der Waals surface area contributed by atoms with Crippen molar-refractivity contribution in [3.63, 3.8) is 0 Å². The number of nitrogens with two attached hydrogens (primary N) is 1. The lowest BCUT2D eigenvalue weighted by Gasteiger charge is -2.11. The molecule has 0 saturated carbocycles. The van der Waals surface area contributed by atoms with Gasteiger partial charge in [-0.25, -0.2) is 13.6 Å². The lowest BCUT2D eigenvalue weighted by atomic mass is 10.1. The van der Waals surface area contributed by atoms with Crippen LogP contribution in [0.1, 0.15) is 10.4 Å². The maximum Gasteiger partial charge on any atom is 0.340 e. The number of methoxy groups -OCH3 is 1. The first-order chi connectivity index (χ1) is 9.92. The lowest BCUT2D eigenvalue weighted by molar-refractivity contribution is 0.0601. The van der Waals surface area contributed by atoms with Crippen molar-refractivity contribution in [2.45, 2.75) is 0 Å². The van der Waals surface area contributed by atoms with Crippen molar-refractivity contribution in [1.82, 2.24) is 0 Å². The van der Waals surface area contributed by atoms with Gasteiger partial charge in [-0.2, -0.15) is 0 Å². The molecule has 0 aliphatic carbocycles. The number of carbonyl (C=O) groups excluding carboxylic acids is 1. The second-order valence-electron chi connectivity index (χ2n) is 4.04. The van der Waals surface area contributed by atoms with Crippen LogP contribution in [-0.4, -0.2) is 13.1 Å². The molecule has 0 aromatic heterocycles. The molecule has 0 atom stereocenters. The fraction of sp³-hybridized carbons (Fsp3) is 0.0714. The summed E-state index contributed by atoms with van der Waals surface area (Å²) in [6, 6.07) is 5.65. The first-order valence-corrected chi connectivity index (χ1v) is 6.52. The van der Waals surface area contributed by atoms with Gasteiger partial charge in [0.05, 0.1) is 17.1 Å². The van der Waals surface area contributed by atoms with Gasteiger partial charge in [0, 0.05) is 11.8 Å². The smallest absolute Gasteiger partial charge is 0.340 e. The second-order valence-corrected chi connectivity index (χ2v) is 4.89. The summed E-state index contributed by atoms with van der Waals surface area (Å²) in [6.07, 6.45) is 0. The fourth-order valence-corrected chi connectivity index (χ4v) is 2.05. The van der Waals surface area contributed by atoms with Crippen molar-refractivity contribution in [2.75, 3.05) is 12.8 Å². The summed E-state index contributed by atoms with van der Waals surface area (Å²) in [5.41, 5.74) is 5.96. The predicted octanol–water partition coefficient (Wildman–Crippen LogP) is 3.89. The molecule has 0 aliphatic heterocycles. The summed E-state index contributed by atoms with van der Waals surface area (Å²) < 4.78 is 36.8. The van der Waals surface area contributed by atoms with Gasteiger partial charge in [-0.3, -0.25) is 0 Å². The Kier molecular flexibility index (Phi) is 4.42. The minimum Gasteiger partial charge on any atom is -0.465 e. The van der Waals surface area contributed by atoms with Crippen molar-refractivity contribution in [2.24, 2.45) is 0 Å². The standard InChI is InChI=1S/C14H10BrF2NO3/c1-20-14(19)8-5-13(9(15)6-11(8)18)21-12-3-2-7(16)4-10(12)17/h2-6H,18H2,1H3. The highest BCUT2D eigenvalue weighted by Gasteiger charge is 2.16. The van der Waals surface area contributed by atoms with Crippen molar-refractivity contribution in [3.8, 4) is 11.5 Å². The number of hydrogen-bond acceptors (Lipinski definition) is 4. The Balaban J connectivity index is 2.42. The normalized spacial score (nSPS) is 10.3. The third-order valence-corrected chi connectivity index (χ3v) is 3.24. The first kappa shape index (κ1) is 15.2. The SMILES string of the molecule is COC(=O)c1cc(Oc2ccc(F)cc2F)c(Br)cc1N. The minimum atomic E-state index is -0.863. The monoisotopic (exact) mass is 357 g/mol. The van der Waals surface area contributed by atoms with Gasteiger partial charge >= 0.3 is 5.97 Å². The number of carbonyl (C=O) groups is 1. The minimum absolute atomic E-state index is 0.0817. The third-order valence-electron chi connectivity index (χ3n) is 2.62. The van der Waals surface area contributed by atoms with E-state index in [0.717, 1.165) is 12.1 Å². The molecule has 0 heterocycles. The van der Waals surface area contributed by atoms with E-state index >= 15 is 0 Å². The van der Waals surface area contributed by atoms with E-state index in [1.807, 2.05) is 0 Å². The van der Waals surface area contributed by atoms with Crippen LogP contribution in [0.25, 0.3) is 0 Å². The van der Waals surface area contributed by atoms with Crippen LogP contribution in [0.3, 0.4) is 0 Å². The van der Waals surface area contributed by atoms with Crippen LogP contribution >= 0.6 is 15.9 Å². The number of anilines is 1. The van der Waals surface area contributed by atoms with Crippen LogP contribution in [0, 0.1) is 11.6 Å². The molecule has 7 heteroatoms. The summed E-state index contributed by atoms with van der Waals surface area (Å²) in [5.74, 6) is -2.26. The molecule has 2 aromatic carbocycles. The molecule has 0 fully saturated rings. The van der Waals surface area contributed by atoms with Gasteiger partial charge in [0.1, 0.15) is 11.6 Å². The van der Waals surface area contributed by atoms with Gasteiger partial charge in [0.2, 0.25) is 0 Å². The molecule has 0 aliphatic rings. The highest BCUT2D eigenvalue weighted by Crippen LogP contribution is 2.34. The van der Waals surface area contributed by atoms with E-state index in [2.05, 4.69) is 20.7 Å². The van der Waals surface area contributed by atoms with Crippen LogP contribution in [0.2, 0.25) is 0 Å². The van der Waals surface area contributed by atoms with Crippen molar-refractivity contribution in [3.05, 3.63) is 52.0 Å². The Morgan fingerprint density at radius 2 is 1.90 bits per heavy atom. The number of rotatable bonds is 3. The number of nitrogen functional groups attached to an aromatic ring is 1. The molecular formula is C14H10BrF2NO3. The Hall–Kier alpha value is -2.15. The molecule has 4 nitrogen and oxygen atoms in total. The molecular weight excluding hydrogens is 348 g/mol. The molecule has 0 spiro atoms. The highest BCUT2D eigenvalue weighted by molar-refractivity contribution is 9.10. The molecule has 0 unspecified atom stereocenters. The summed E-state index contributed by atoms with van der Waals surface area (Å²) >= 11 is 3.20. The number of benzene rings is 2. The number of halogens is 3. The zero-order chi connectivity index (χ0) is 15.6. The van der Waals surface area contributed by atoms with Gasteiger partial charge in [0.25, 0.3) is 0 Å². The molecule has 110 valence electrons. The predicted molar refractivity (Wildman–Crippen MR) is 76.3 cm³/mol. The van der Waals surface area contributed by atoms with E-state index in [9.17, 15) is 13.6 Å². The van der Waals surface area contributed by atoms with E-state index in [0.29, 0.717) is 10.5 Å². The Bertz CT molecular complexity index is 707. The van der Waals surface area contributed by atoms with Crippen LogP contribution in [0.15, 0.2) is 34.8 Å². The first-order valence-electron chi connectivity index (χ1n) is 5.72. The molecule has 0 saturated heterocycles. The number of hydrogen-bond donors (Lipinski definition) is 1. The van der Waals surface area contributed by atoms with Gasteiger partial charge in [0.15, 0.2) is 11.6 Å². The van der Waals surface area contributed by atoms with Crippen LogP contribution < -0.4 is 10.5 Å². The van der Waals surface area contributed by atoms with Gasteiger partial charge in [-0.1, -0.05) is 0 Å². The lowest BCUT2D eigenvalue weighted by Crippen LogP contribution is -2.06.